The molecule has 0 amide bonds. The van der Waals surface area contributed by atoms with E-state index in [-0.39, 0.29) is 0 Å². The lowest BCUT2D eigenvalue weighted by Crippen LogP contribution is -1.98. The Kier molecular flexibility index (Phi) is 6.85. The number of hydrogen-bond donors (Lipinski definition) is 0. The van der Waals surface area contributed by atoms with E-state index in [2.05, 4.69) is 199 Å². The van der Waals surface area contributed by atoms with Crippen molar-refractivity contribution in [1.82, 2.24) is 9.55 Å². The third kappa shape index (κ3) is 4.84. The summed E-state index contributed by atoms with van der Waals surface area (Å²) in [5.41, 5.74) is 11.6. The Morgan fingerprint density at radius 1 is 0.333 bits per heavy atom. The molecule has 0 atom stereocenters. The van der Waals surface area contributed by atoms with E-state index < -0.39 is 0 Å². The third-order valence-corrected chi connectivity index (χ3v) is 10.2. The summed E-state index contributed by atoms with van der Waals surface area (Å²) < 4.78 is 2.29. The van der Waals surface area contributed by atoms with Crippen LogP contribution in [0, 0.1) is 0 Å². The van der Waals surface area contributed by atoms with Crippen molar-refractivity contribution in [3.63, 3.8) is 0 Å². The number of benzene rings is 9. The predicted octanol–water partition coefficient (Wildman–Crippen LogP) is 13.2. The maximum absolute atomic E-state index is 5.15. The topological polar surface area (TPSA) is 17.8 Å². The molecule has 0 unspecified atom stereocenters. The number of aromatic nitrogens is 2. The molecule has 1 aromatic heterocycles. The van der Waals surface area contributed by atoms with E-state index >= 15 is 0 Å². The van der Waals surface area contributed by atoms with E-state index in [4.69, 9.17) is 4.98 Å². The molecule has 10 aromatic rings. The third-order valence-electron chi connectivity index (χ3n) is 10.2. The van der Waals surface area contributed by atoms with Crippen molar-refractivity contribution in [3.8, 4) is 50.5 Å². The summed E-state index contributed by atoms with van der Waals surface area (Å²) in [6.07, 6.45) is 0. The fraction of sp³-hybridized carbons (Fsp3) is 0. The van der Waals surface area contributed by atoms with E-state index in [0.717, 1.165) is 28.1 Å². The van der Waals surface area contributed by atoms with Crippen LogP contribution in [0.15, 0.2) is 194 Å². The second kappa shape index (κ2) is 12.0. The Morgan fingerprint density at radius 3 is 1.55 bits per heavy atom. The molecule has 0 saturated heterocycles. The number of imidazole rings is 1. The van der Waals surface area contributed by atoms with Crippen LogP contribution in [-0.4, -0.2) is 9.55 Å². The Labute approximate surface area is 296 Å². The van der Waals surface area contributed by atoms with Crippen LogP contribution in [0.25, 0.3) is 93.8 Å². The van der Waals surface area contributed by atoms with Crippen molar-refractivity contribution < 1.29 is 0 Å². The number of nitrogens with zero attached hydrogens (tertiary/aromatic N) is 2. The van der Waals surface area contributed by atoms with Crippen LogP contribution in [0.3, 0.4) is 0 Å². The lowest BCUT2D eigenvalue weighted by atomic mass is 9.85. The zero-order valence-corrected chi connectivity index (χ0v) is 27.9. The van der Waals surface area contributed by atoms with Gasteiger partial charge in [0.05, 0.1) is 11.0 Å². The van der Waals surface area contributed by atoms with Gasteiger partial charge in [-0.25, -0.2) is 4.98 Å². The van der Waals surface area contributed by atoms with Gasteiger partial charge in [-0.2, -0.15) is 0 Å². The zero-order valence-electron chi connectivity index (χ0n) is 27.9. The molecule has 0 aliphatic rings. The van der Waals surface area contributed by atoms with Gasteiger partial charge in [0.15, 0.2) is 0 Å². The first-order valence-electron chi connectivity index (χ1n) is 17.5. The molecule has 0 aliphatic carbocycles. The van der Waals surface area contributed by atoms with Crippen molar-refractivity contribution in [2.24, 2.45) is 0 Å². The number of para-hydroxylation sites is 2. The monoisotopic (exact) mass is 648 g/mol. The second-order valence-electron chi connectivity index (χ2n) is 13.1. The van der Waals surface area contributed by atoms with Gasteiger partial charge in [-0.15, -0.1) is 0 Å². The lowest BCUT2D eigenvalue weighted by Gasteiger charge is -2.19. The highest BCUT2D eigenvalue weighted by Crippen LogP contribution is 2.45. The van der Waals surface area contributed by atoms with Gasteiger partial charge < -0.3 is 0 Å². The molecule has 2 nitrogen and oxygen atoms in total. The SMILES string of the molecule is c1ccc(-c2ccc(-c3nc4ccccc4n3-c3ccc(-c4c5ccccc5c(-c5cccc6ccccc56)c5ccccc45)cc3)cc2)cc1. The van der Waals surface area contributed by atoms with Crippen LogP contribution in [0.1, 0.15) is 0 Å². The van der Waals surface area contributed by atoms with E-state index in [1.165, 1.54) is 65.7 Å². The quantitative estimate of drug-likeness (QED) is 0.170. The predicted molar refractivity (Wildman–Crippen MR) is 215 cm³/mol. The standard InChI is InChI=1S/C49H32N2/c1-2-13-33(14-3-1)34-25-27-37(28-26-34)49-50-45-23-10-11-24-46(45)51(49)38-31-29-36(30-32-38)47-41-18-6-8-20-43(41)48(44-21-9-7-19-42(44)47)40-22-12-16-35-15-4-5-17-39(35)40/h1-32H. The average molecular weight is 649 g/mol. The molecule has 0 radical (unpaired) electrons. The van der Waals surface area contributed by atoms with Crippen molar-refractivity contribution in [1.29, 1.82) is 0 Å². The minimum atomic E-state index is 0.930. The lowest BCUT2D eigenvalue weighted by molar-refractivity contribution is 1.10. The molecule has 0 fully saturated rings. The van der Waals surface area contributed by atoms with Gasteiger partial charge in [-0.1, -0.05) is 170 Å². The summed E-state index contributed by atoms with van der Waals surface area (Å²) in [6, 6.07) is 69.8. The Hall–Kier alpha value is -6.77. The summed E-state index contributed by atoms with van der Waals surface area (Å²) in [7, 11) is 0. The van der Waals surface area contributed by atoms with Crippen LogP contribution in [0.2, 0.25) is 0 Å². The van der Waals surface area contributed by atoms with Gasteiger partial charge in [0, 0.05) is 11.3 Å². The van der Waals surface area contributed by atoms with Crippen LogP contribution < -0.4 is 0 Å². The molecule has 1 heterocycles. The van der Waals surface area contributed by atoms with Crippen molar-refractivity contribution in [2.45, 2.75) is 0 Å². The molecular formula is C49H32N2. The molecule has 0 saturated carbocycles. The zero-order chi connectivity index (χ0) is 33.7. The van der Waals surface area contributed by atoms with Crippen molar-refractivity contribution >= 4 is 43.4 Å². The smallest absolute Gasteiger partial charge is 0.145 e. The molecule has 0 aliphatic heterocycles. The van der Waals surface area contributed by atoms with E-state index in [1.54, 1.807) is 0 Å². The maximum atomic E-state index is 5.15. The molecule has 51 heavy (non-hydrogen) atoms. The molecule has 238 valence electrons. The Morgan fingerprint density at radius 2 is 0.843 bits per heavy atom. The van der Waals surface area contributed by atoms with Gasteiger partial charge in [0.2, 0.25) is 0 Å². The fourth-order valence-corrected chi connectivity index (χ4v) is 7.87. The minimum absolute atomic E-state index is 0.930. The summed E-state index contributed by atoms with van der Waals surface area (Å²) in [6.45, 7) is 0. The number of rotatable bonds is 5. The Bertz CT molecular complexity index is 2820. The highest BCUT2D eigenvalue weighted by Gasteiger charge is 2.19. The van der Waals surface area contributed by atoms with Gasteiger partial charge in [-0.3, -0.25) is 4.57 Å². The molecule has 2 heteroatoms. The molecule has 10 rings (SSSR count). The van der Waals surface area contributed by atoms with Gasteiger partial charge in [0.25, 0.3) is 0 Å². The summed E-state index contributed by atoms with van der Waals surface area (Å²) in [5.74, 6) is 0.930. The number of hydrogen-bond acceptors (Lipinski definition) is 1. The maximum Gasteiger partial charge on any atom is 0.145 e. The molecule has 0 spiro atoms. The van der Waals surface area contributed by atoms with E-state index in [9.17, 15) is 0 Å². The van der Waals surface area contributed by atoms with Crippen molar-refractivity contribution in [3.05, 3.63) is 194 Å². The molecule has 9 aromatic carbocycles. The van der Waals surface area contributed by atoms with Crippen molar-refractivity contribution in [2.75, 3.05) is 0 Å². The van der Waals surface area contributed by atoms with Gasteiger partial charge in [0.1, 0.15) is 5.82 Å². The summed E-state index contributed by atoms with van der Waals surface area (Å²) in [5, 5.41) is 7.53. The van der Waals surface area contributed by atoms with Gasteiger partial charge >= 0.3 is 0 Å². The van der Waals surface area contributed by atoms with Crippen LogP contribution in [0.4, 0.5) is 0 Å². The first-order valence-corrected chi connectivity index (χ1v) is 17.5. The second-order valence-corrected chi connectivity index (χ2v) is 13.1. The highest BCUT2D eigenvalue weighted by molar-refractivity contribution is 6.23. The molecular weight excluding hydrogens is 617 g/mol. The van der Waals surface area contributed by atoms with Crippen LogP contribution in [-0.2, 0) is 0 Å². The first-order chi connectivity index (χ1) is 25.3. The van der Waals surface area contributed by atoms with E-state index in [1.807, 2.05) is 0 Å². The van der Waals surface area contributed by atoms with Crippen LogP contribution in [0.5, 0.6) is 0 Å². The minimum Gasteiger partial charge on any atom is -0.292 e. The Balaban J connectivity index is 1.14. The largest absolute Gasteiger partial charge is 0.292 e. The first kappa shape index (κ1) is 29.2. The molecule has 0 N–H and O–H groups in total. The van der Waals surface area contributed by atoms with Crippen LogP contribution >= 0.6 is 0 Å². The summed E-state index contributed by atoms with van der Waals surface area (Å²) >= 11 is 0. The average Bonchev–Trinajstić information content (AvgIpc) is 3.60. The van der Waals surface area contributed by atoms with Gasteiger partial charge in [-0.05, 0) is 90.0 Å². The number of fused-ring (bicyclic) bond motifs is 4. The molecule has 0 bridgehead atoms. The fourth-order valence-electron chi connectivity index (χ4n) is 7.87. The van der Waals surface area contributed by atoms with E-state index in [0.29, 0.717) is 0 Å². The highest BCUT2D eigenvalue weighted by atomic mass is 15.1. The normalized spacial score (nSPS) is 11.5. The summed E-state index contributed by atoms with van der Waals surface area (Å²) in [4.78, 5) is 5.15.